The predicted octanol–water partition coefficient (Wildman–Crippen LogP) is 4.71. The van der Waals surface area contributed by atoms with Crippen molar-refractivity contribution in [2.45, 2.75) is 72.1 Å². The van der Waals surface area contributed by atoms with Crippen LogP contribution in [0.2, 0.25) is 0 Å². The van der Waals surface area contributed by atoms with Gasteiger partial charge < -0.3 is 4.90 Å². The second-order valence-corrected chi connectivity index (χ2v) is 6.08. The first-order valence-electron chi connectivity index (χ1n) is 7.98. The van der Waals surface area contributed by atoms with Gasteiger partial charge in [-0.1, -0.05) is 52.9 Å². The smallest absolute Gasteiger partial charge is 0.00161 e. The molecule has 17 heavy (non-hydrogen) atoms. The topological polar surface area (TPSA) is 3.24 Å². The molecule has 1 rings (SSSR count). The molecule has 1 fully saturated rings. The monoisotopic (exact) mass is 239 g/mol. The molecular weight excluding hydrogens is 206 g/mol. The highest BCUT2D eigenvalue weighted by Crippen LogP contribution is 2.23. The number of nitrogens with zero attached hydrogens (tertiary/aromatic N) is 1. The highest BCUT2D eigenvalue weighted by molar-refractivity contribution is 4.69. The van der Waals surface area contributed by atoms with Crippen molar-refractivity contribution in [1.29, 1.82) is 0 Å². The van der Waals surface area contributed by atoms with Crippen LogP contribution in [0, 0.1) is 11.8 Å². The van der Waals surface area contributed by atoms with Crippen LogP contribution in [0.15, 0.2) is 0 Å². The van der Waals surface area contributed by atoms with Gasteiger partial charge in [-0.25, -0.2) is 0 Å². The Morgan fingerprint density at radius 2 is 1.65 bits per heavy atom. The van der Waals surface area contributed by atoms with Gasteiger partial charge >= 0.3 is 0 Å². The SMILES string of the molecule is CCCC(CC[C@H](C)CC)CCN1CCCC1. The quantitative estimate of drug-likeness (QED) is 0.563. The summed E-state index contributed by atoms with van der Waals surface area (Å²) in [6.45, 7) is 11.2. The van der Waals surface area contributed by atoms with Crippen LogP contribution in [0.1, 0.15) is 72.1 Å². The first-order chi connectivity index (χ1) is 8.26. The third-order valence-corrected chi connectivity index (χ3v) is 4.51. The van der Waals surface area contributed by atoms with Gasteiger partial charge in [-0.2, -0.15) is 0 Å². The molecular formula is C16H33N. The molecule has 1 aliphatic heterocycles. The van der Waals surface area contributed by atoms with E-state index in [9.17, 15) is 0 Å². The fourth-order valence-corrected chi connectivity index (χ4v) is 2.94. The highest BCUT2D eigenvalue weighted by Gasteiger charge is 2.15. The molecule has 1 aliphatic rings. The summed E-state index contributed by atoms with van der Waals surface area (Å²) in [4.78, 5) is 2.67. The third-order valence-electron chi connectivity index (χ3n) is 4.51. The van der Waals surface area contributed by atoms with Crippen LogP contribution < -0.4 is 0 Å². The molecule has 0 N–H and O–H groups in total. The van der Waals surface area contributed by atoms with Crippen LogP contribution in [-0.2, 0) is 0 Å². The number of hydrogen-bond acceptors (Lipinski definition) is 1. The van der Waals surface area contributed by atoms with Gasteiger partial charge in [0.15, 0.2) is 0 Å². The Hall–Kier alpha value is -0.0400. The van der Waals surface area contributed by atoms with Crippen LogP contribution in [0.4, 0.5) is 0 Å². The summed E-state index contributed by atoms with van der Waals surface area (Å²) in [7, 11) is 0. The lowest BCUT2D eigenvalue weighted by Crippen LogP contribution is -2.22. The van der Waals surface area contributed by atoms with Crippen LogP contribution in [0.25, 0.3) is 0 Å². The van der Waals surface area contributed by atoms with E-state index in [1.54, 1.807) is 0 Å². The summed E-state index contributed by atoms with van der Waals surface area (Å²) < 4.78 is 0. The Balaban J connectivity index is 2.16. The number of rotatable bonds is 9. The normalized spacial score (nSPS) is 20.6. The Labute approximate surface area is 109 Å². The Morgan fingerprint density at radius 3 is 2.24 bits per heavy atom. The molecule has 0 radical (unpaired) electrons. The first kappa shape index (κ1) is 15.0. The zero-order valence-electron chi connectivity index (χ0n) is 12.4. The van der Waals surface area contributed by atoms with E-state index in [4.69, 9.17) is 0 Å². The molecule has 1 heterocycles. The van der Waals surface area contributed by atoms with Gasteiger partial charge in [-0.05, 0) is 50.7 Å². The van der Waals surface area contributed by atoms with Gasteiger partial charge in [0, 0.05) is 0 Å². The van der Waals surface area contributed by atoms with Crippen molar-refractivity contribution >= 4 is 0 Å². The molecule has 1 unspecified atom stereocenters. The lowest BCUT2D eigenvalue weighted by molar-refractivity contribution is 0.277. The van der Waals surface area contributed by atoms with Gasteiger partial charge in [-0.3, -0.25) is 0 Å². The molecule has 0 aromatic rings. The Kier molecular flexibility index (Phi) is 7.92. The lowest BCUT2D eigenvalue weighted by atomic mass is 9.90. The minimum Gasteiger partial charge on any atom is -0.303 e. The fourth-order valence-electron chi connectivity index (χ4n) is 2.94. The lowest BCUT2D eigenvalue weighted by Gasteiger charge is -2.21. The average molecular weight is 239 g/mol. The van der Waals surface area contributed by atoms with Gasteiger partial charge in [0.25, 0.3) is 0 Å². The second-order valence-electron chi connectivity index (χ2n) is 6.08. The van der Waals surface area contributed by atoms with Crippen molar-refractivity contribution in [3.8, 4) is 0 Å². The maximum Gasteiger partial charge on any atom is -0.00161 e. The molecule has 2 atom stereocenters. The van der Waals surface area contributed by atoms with Crippen LogP contribution in [-0.4, -0.2) is 24.5 Å². The summed E-state index contributed by atoms with van der Waals surface area (Å²) in [6.07, 6.45) is 11.4. The van der Waals surface area contributed by atoms with Crippen molar-refractivity contribution in [2.24, 2.45) is 11.8 Å². The third kappa shape index (κ3) is 6.45. The average Bonchev–Trinajstić information content (AvgIpc) is 2.85. The van der Waals surface area contributed by atoms with E-state index in [0.29, 0.717) is 0 Å². The molecule has 1 heteroatoms. The standard InChI is InChI=1S/C16H33N/c1-4-8-16(10-9-15(3)5-2)11-14-17-12-6-7-13-17/h15-16H,4-14H2,1-3H3/t15-,16?/m1/s1. The Bertz CT molecular complexity index is 172. The van der Waals surface area contributed by atoms with E-state index in [2.05, 4.69) is 25.7 Å². The zero-order valence-corrected chi connectivity index (χ0v) is 12.4. The molecule has 102 valence electrons. The van der Waals surface area contributed by atoms with Crippen molar-refractivity contribution in [2.75, 3.05) is 19.6 Å². The van der Waals surface area contributed by atoms with E-state index in [1.165, 1.54) is 71.0 Å². The van der Waals surface area contributed by atoms with Crippen molar-refractivity contribution in [1.82, 2.24) is 4.90 Å². The minimum atomic E-state index is 0.932. The largest absolute Gasteiger partial charge is 0.303 e. The van der Waals surface area contributed by atoms with E-state index in [1.807, 2.05) is 0 Å². The predicted molar refractivity (Wildman–Crippen MR) is 77.4 cm³/mol. The summed E-state index contributed by atoms with van der Waals surface area (Å²) in [5, 5.41) is 0. The molecule has 0 aromatic carbocycles. The van der Waals surface area contributed by atoms with Crippen LogP contribution in [0.3, 0.4) is 0 Å². The van der Waals surface area contributed by atoms with Gasteiger partial charge in [0.05, 0.1) is 0 Å². The zero-order chi connectivity index (χ0) is 12.5. The van der Waals surface area contributed by atoms with Gasteiger partial charge in [-0.15, -0.1) is 0 Å². The molecule has 0 aliphatic carbocycles. The maximum atomic E-state index is 2.67. The van der Waals surface area contributed by atoms with E-state index in [-0.39, 0.29) is 0 Å². The Morgan fingerprint density at radius 1 is 0.941 bits per heavy atom. The summed E-state index contributed by atoms with van der Waals surface area (Å²) in [5.41, 5.74) is 0. The van der Waals surface area contributed by atoms with Crippen LogP contribution in [0.5, 0.6) is 0 Å². The number of hydrogen-bond donors (Lipinski definition) is 0. The second kappa shape index (κ2) is 8.97. The molecule has 1 saturated heterocycles. The number of likely N-dealkylation sites (tertiary alicyclic amines) is 1. The van der Waals surface area contributed by atoms with Crippen molar-refractivity contribution in [3.05, 3.63) is 0 Å². The van der Waals surface area contributed by atoms with Crippen LogP contribution >= 0.6 is 0 Å². The van der Waals surface area contributed by atoms with E-state index >= 15 is 0 Å². The summed E-state index contributed by atoms with van der Waals surface area (Å²) in [6, 6.07) is 0. The van der Waals surface area contributed by atoms with Crippen molar-refractivity contribution < 1.29 is 0 Å². The molecule has 0 saturated carbocycles. The molecule has 0 bridgehead atoms. The maximum absolute atomic E-state index is 2.67. The fraction of sp³-hybridized carbons (Fsp3) is 1.00. The van der Waals surface area contributed by atoms with Gasteiger partial charge in [0.2, 0.25) is 0 Å². The molecule has 0 spiro atoms. The molecule has 1 nitrogen and oxygen atoms in total. The first-order valence-corrected chi connectivity index (χ1v) is 7.98. The molecule has 0 aromatic heterocycles. The van der Waals surface area contributed by atoms with Gasteiger partial charge in [0.1, 0.15) is 0 Å². The summed E-state index contributed by atoms with van der Waals surface area (Å²) in [5.74, 6) is 1.93. The molecule has 0 amide bonds. The van der Waals surface area contributed by atoms with E-state index in [0.717, 1.165) is 11.8 Å². The minimum absolute atomic E-state index is 0.932. The van der Waals surface area contributed by atoms with Crippen molar-refractivity contribution in [3.63, 3.8) is 0 Å². The van der Waals surface area contributed by atoms with E-state index < -0.39 is 0 Å². The highest BCUT2D eigenvalue weighted by atomic mass is 15.1. The summed E-state index contributed by atoms with van der Waals surface area (Å²) >= 11 is 0.